The molecule has 1 aliphatic carbocycles. The second kappa shape index (κ2) is 6.59. The van der Waals surface area contributed by atoms with Gasteiger partial charge in [-0.1, -0.05) is 43.3 Å². The average molecular weight is 282 g/mol. The number of hydrogen-bond donors (Lipinski definition) is 1. The molecule has 21 heavy (non-hydrogen) atoms. The monoisotopic (exact) mass is 282 g/mol. The van der Waals surface area contributed by atoms with E-state index in [1.165, 1.54) is 35.7 Å². The lowest BCUT2D eigenvalue weighted by atomic mass is 10.0. The summed E-state index contributed by atoms with van der Waals surface area (Å²) in [5.74, 6) is 0.953. The third-order valence-electron chi connectivity index (χ3n) is 4.39. The summed E-state index contributed by atoms with van der Waals surface area (Å²) < 4.78 is 0. The summed E-state index contributed by atoms with van der Waals surface area (Å²) in [5, 5.41) is 6.30. The molecular weight excluding hydrogens is 256 g/mol. The highest BCUT2D eigenvalue weighted by atomic mass is 15.1. The van der Waals surface area contributed by atoms with E-state index in [1.807, 2.05) is 0 Å². The smallest absolute Gasteiger partial charge is 0.0449 e. The van der Waals surface area contributed by atoms with Crippen LogP contribution >= 0.6 is 0 Å². The SMILES string of the molecule is CCNC(CN(C)CC1CC1)c1ccc2ccccc2c1. The number of benzene rings is 2. The van der Waals surface area contributed by atoms with Gasteiger partial charge in [0.05, 0.1) is 0 Å². The predicted molar refractivity (Wildman–Crippen MR) is 90.6 cm³/mol. The van der Waals surface area contributed by atoms with Gasteiger partial charge in [-0.15, -0.1) is 0 Å². The Kier molecular flexibility index (Phi) is 4.57. The number of fused-ring (bicyclic) bond motifs is 1. The molecule has 1 fully saturated rings. The van der Waals surface area contributed by atoms with Gasteiger partial charge in [-0.3, -0.25) is 0 Å². The van der Waals surface area contributed by atoms with E-state index in [-0.39, 0.29) is 0 Å². The average Bonchev–Trinajstić information content (AvgIpc) is 3.30. The van der Waals surface area contributed by atoms with E-state index in [1.54, 1.807) is 0 Å². The summed E-state index contributed by atoms with van der Waals surface area (Å²) >= 11 is 0. The fourth-order valence-electron chi connectivity index (χ4n) is 3.09. The van der Waals surface area contributed by atoms with E-state index in [2.05, 4.69) is 66.7 Å². The summed E-state index contributed by atoms with van der Waals surface area (Å²) in [7, 11) is 2.25. The van der Waals surface area contributed by atoms with E-state index in [0.29, 0.717) is 6.04 Å². The van der Waals surface area contributed by atoms with Gasteiger partial charge in [-0.05, 0) is 54.8 Å². The maximum absolute atomic E-state index is 3.65. The molecule has 1 atom stereocenters. The van der Waals surface area contributed by atoms with E-state index in [9.17, 15) is 0 Å². The first-order chi connectivity index (χ1) is 10.3. The van der Waals surface area contributed by atoms with Crippen molar-refractivity contribution in [2.24, 2.45) is 5.92 Å². The number of hydrogen-bond acceptors (Lipinski definition) is 2. The van der Waals surface area contributed by atoms with Crippen molar-refractivity contribution in [1.29, 1.82) is 0 Å². The van der Waals surface area contributed by atoms with Crippen molar-refractivity contribution < 1.29 is 0 Å². The molecule has 3 rings (SSSR count). The zero-order valence-corrected chi connectivity index (χ0v) is 13.2. The van der Waals surface area contributed by atoms with Gasteiger partial charge < -0.3 is 10.2 Å². The zero-order valence-electron chi connectivity index (χ0n) is 13.2. The van der Waals surface area contributed by atoms with Crippen molar-refractivity contribution in [1.82, 2.24) is 10.2 Å². The second-order valence-electron chi connectivity index (χ2n) is 6.38. The van der Waals surface area contributed by atoms with Crippen LogP contribution < -0.4 is 5.32 Å². The first-order valence-electron chi connectivity index (χ1n) is 8.17. The fourth-order valence-corrected chi connectivity index (χ4v) is 3.09. The van der Waals surface area contributed by atoms with Gasteiger partial charge >= 0.3 is 0 Å². The standard InChI is InChI=1S/C19H26N2/c1-3-20-19(14-21(2)13-15-8-9-15)18-11-10-16-6-4-5-7-17(16)12-18/h4-7,10-12,15,19-20H,3,8-9,13-14H2,1-2H3. The largest absolute Gasteiger partial charge is 0.309 e. The summed E-state index contributed by atoms with van der Waals surface area (Å²) in [6, 6.07) is 15.9. The first-order valence-corrected chi connectivity index (χ1v) is 8.17. The quantitative estimate of drug-likeness (QED) is 0.830. The van der Waals surface area contributed by atoms with Crippen LogP contribution in [0.5, 0.6) is 0 Å². The Balaban J connectivity index is 1.76. The fraction of sp³-hybridized carbons (Fsp3) is 0.474. The molecule has 0 spiro atoms. The molecular formula is C19H26N2. The summed E-state index contributed by atoms with van der Waals surface area (Å²) in [6.07, 6.45) is 2.85. The topological polar surface area (TPSA) is 15.3 Å². The summed E-state index contributed by atoms with van der Waals surface area (Å²) in [4.78, 5) is 2.49. The van der Waals surface area contributed by atoms with Gasteiger partial charge in [0, 0.05) is 19.1 Å². The normalized spacial score (nSPS) is 16.5. The number of rotatable bonds is 7. The lowest BCUT2D eigenvalue weighted by Crippen LogP contribution is -2.34. The minimum atomic E-state index is 0.420. The van der Waals surface area contributed by atoms with Crippen LogP contribution in [-0.2, 0) is 0 Å². The van der Waals surface area contributed by atoms with Crippen LogP contribution in [0.25, 0.3) is 10.8 Å². The Bertz CT molecular complexity index is 589. The molecule has 1 N–H and O–H groups in total. The Morgan fingerprint density at radius 2 is 1.90 bits per heavy atom. The third-order valence-corrected chi connectivity index (χ3v) is 4.39. The van der Waals surface area contributed by atoms with E-state index in [0.717, 1.165) is 19.0 Å². The molecule has 0 amide bonds. The van der Waals surface area contributed by atoms with Crippen LogP contribution in [0.3, 0.4) is 0 Å². The summed E-state index contributed by atoms with van der Waals surface area (Å²) in [5.41, 5.74) is 1.40. The second-order valence-corrected chi connectivity index (χ2v) is 6.38. The Hall–Kier alpha value is -1.38. The highest BCUT2D eigenvalue weighted by molar-refractivity contribution is 5.83. The van der Waals surface area contributed by atoms with Crippen molar-refractivity contribution in [2.45, 2.75) is 25.8 Å². The van der Waals surface area contributed by atoms with Gasteiger partial charge in [-0.25, -0.2) is 0 Å². The van der Waals surface area contributed by atoms with Gasteiger partial charge in [0.15, 0.2) is 0 Å². The molecule has 0 radical (unpaired) electrons. The van der Waals surface area contributed by atoms with Crippen LogP contribution in [0.2, 0.25) is 0 Å². The number of nitrogens with zero attached hydrogens (tertiary/aromatic N) is 1. The van der Waals surface area contributed by atoms with Crippen molar-refractivity contribution in [3.8, 4) is 0 Å². The summed E-state index contributed by atoms with van der Waals surface area (Å²) in [6.45, 7) is 5.53. The molecule has 0 saturated heterocycles. The molecule has 0 aromatic heterocycles. The molecule has 2 heteroatoms. The lowest BCUT2D eigenvalue weighted by Gasteiger charge is -2.25. The van der Waals surface area contributed by atoms with E-state index in [4.69, 9.17) is 0 Å². The molecule has 2 aromatic carbocycles. The van der Waals surface area contributed by atoms with Gasteiger partial charge in [-0.2, -0.15) is 0 Å². The van der Waals surface area contributed by atoms with E-state index < -0.39 is 0 Å². The zero-order chi connectivity index (χ0) is 14.7. The van der Waals surface area contributed by atoms with Gasteiger partial charge in [0.2, 0.25) is 0 Å². The Morgan fingerprint density at radius 1 is 1.14 bits per heavy atom. The third kappa shape index (κ3) is 3.84. The molecule has 0 bridgehead atoms. The lowest BCUT2D eigenvalue weighted by molar-refractivity contribution is 0.282. The number of likely N-dealkylation sites (N-methyl/N-ethyl adjacent to an activating group) is 2. The van der Waals surface area contributed by atoms with Gasteiger partial charge in [0.1, 0.15) is 0 Å². The van der Waals surface area contributed by atoms with Crippen molar-refractivity contribution >= 4 is 10.8 Å². The van der Waals surface area contributed by atoms with Crippen molar-refractivity contribution in [3.63, 3.8) is 0 Å². The van der Waals surface area contributed by atoms with Crippen LogP contribution in [0.1, 0.15) is 31.4 Å². The first kappa shape index (κ1) is 14.6. The van der Waals surface area contributed by atoms with Crippen molar-refractivity contribution in [3.05, 3.63) is 48.0 Å². The Morgan fingerprint density at radius 3 is 2.62 bits per heavy atom. The van der Waals surface area contributed by atoms with Crippen LogP contribution in [0.4, 0.5) is 0 Å². The molecule has 112 valence electrons. The predicted octanol–water partition coefficient (Wildman–Crippen LogP) is 3.83. The molecule has 1 aliphatic rings. The minimum Gasteiger partial charge on any atom is -0.309 e. The molecule has 1 saturated carbocycles. The number of nitrogens with one attached hydrogen (secondary N) is 1. The minimum absolute atomic E-state index is 0.420. The van der Waals surface area contributed by atoms with E-state index >= 15 is 0 Å². The molecule has 2 nitrogen and oxygen atoms in total. The van der Waals surface area contributed by atoms with Crippen molar-refractivity contribution in [2.75, 3.05) is 26.7 Å². The maximum atomic E-state index is 3.65. The Labute approximate surface area is 128 Å². The molecule has 0 aliphatic heterocycles. The highest BCUT2D eigenvalue weighted by Crippen LogP contribution is 2.30. The maximum Gasteiger partial charge on any atom is 0.0449 e. The molecule has 1 unspecified atom stereocenters. The van der Waals surface area contributed by atoms with Crippen LogP contribution in [-0.4, -0.2) is 31.6 Å². The highest BCUT2D eigenvalue weighted by Gasteiger charge is 2.24. The molecule has 2 aromatic rings. The molecule has 0 heterocycles. The van der Waals surface area contributed by atoms with Gasteiger partial charge in [0.25, 0.3) is 0 Å². The van der Waals surface area contributed by atoms with Crippen LogP contribution in [0, 0.1) is 5.92 Å². The van der Waals surface area contributed by atoms with Crippen LogP contribution in [0.15, 0.2) is 42.5 Å².